The molecule has 0 unspecified atom stereocenters. The largest absolute Gasteiger partial charge is 0.409 e. The van der Waals surface area contributed by atoms with E-state index < -0.39 is 0 Å². The lowest BCUT2D eigenvalue weighted by Gasteiger charge is -2.05. The third-order valence-corrected chi connectivity index (χ3v) is 3.04. The number of anilines is 1. The van der Waals surface area contributed by atoms with Crippen LogP contribution in [0.25, 0.3) is 0 Å². The van der Waals surface area contributed by atoms with Crippen molar-refractivity contribution >= 4 is 17.6 Å². The fraction of sp³-hybridized carbons (Fsp3) is 0.615. The summed E-state index contributed by atoms with van der Waals surface area (Å²) >= 11 is 0. The van der Waals surface area contributed by atoms with Gasteiger partial charge in [0.25, 0.3) is 0 Å². The van der Waals surface area contributed by atoms with Gasteiger partial charge in [-0.3, -0.25) is 9.89 Å². The highest BCUT2D eigenvalue weighted by atomic mass is 16.4. The molecule has 1 amide bonds. The van der Waals surface area contributed by atoms with Crippen LogP contribution in [-0.4, -0.2) is 27.1 Å². The number of nitrogens with zero attached hydrogens (tertiary/aromatic N) is 2. The van der Waals surface area contributed by atoms with Crippen molar-refractivity contribution in [1.82, 2.24) is 10.2 Å². The summed E-state index contributed by atoms with van der Waals surface area (Å²) in [5.41, 5.74) is 5.85. The zero-order valence-electron chi connectivity index (χ0n) is 11.9. The van der Waals surface area contributed by atoms with Crippen molar-refractivity contribution in [2.75, 3.05) is 5.32 Å². The second kappa shape index (κ2) is 8.95. The van der Waals surface area contributed by atoms with Crippen LogP contribution in [0.5, 0.6) is 0 Å². The van der Waals surface area contributed by atoms with Gasteiger partial charge in [0.2, 0.25) is 5.91 Å². The number of nitrogens with one attached hydrogen (secondary N) is 2. The fourth-order valence-corrected chi connectivity index (χ4v) is 1.90. The average molecular weight is 281 g/mol. The number of unbranched alkanes of at least 4 members (excludes halogenated alkanes) is 5. The highest BCUT2D eigenvalue weighted by Crippen LogP contribution is 2.12. The van der Waals surface area contributed by atoms with Gasteiger partial charge < -0.3 is 16.3 Å². The zero-order valence-corrected chi connectivity index (χ0v) is 11.9. The predicted molar refractivity (Wildman–Crippen MR) is 77.7 cm³/mol. The first kappa shape index (κ1) is 16.0. The third-order valence-electron chi connectivity index (χ3n) is 3.04. The minimum atomic E-state index is -0.100. The molecule has 0 bridgehead atoms. The van der Waals surface area contributed by atoms with E-state index in [4.69, 9.17) is 10.9 Å². The van der Waals surface area contributed by atoms with Crippen LogP contribution in [0.1, 0.15) is 57.4 Å². The number of amidine groups is 1. The Morgan fingerprint density at radius 2 is 2.10 bits per heavy atom. The topological polar surface area (TPSA) is 116 Å². The second-order valence-electron chi connectivity index (χ2n) is 4.71. The number of H-pyrrole nitrogens is 1. The molecule has 0 saturated heterocycles. The van der Waals surface area contributed by atoms with Crippen LogP contribution >= 0.6 is 0 Å². The Balaban J connectivity index is 2.31. The fourth-order valence-electron chi connectivity index (χ4n) is 1.90. The number of oxime groups is 1. The van der Waals surface area contributed by atoms with E-state index in [0.29, 0.717) is 17.8 Å². The summed E-state index contributed by atoms with van der Waals surface area (Å²) in [4.78, 5) is 11.8. The Morgan fingerprint density at radius 1 is 1.40 bits per heavy atom. The minimum absolute atomic E-state index is 0.0892. The van der Waals surface area contributed by atoms with Crippen LogP contribution in [0, 0.1) is 0 Å². The Morgan fingerprint density at radius 3 is 2.80 bits per heavy atom. The maximum absolute atomic E-state index is 11.8. The van der Waals surface area contributed by atoms with E-state index in [1.807, 2.05) is 0 Å². The SMILES string of the molecule is CCCCCCCCC(=O)Nc1[nH]ncc1C(N)=NO. The molecular formula is C13H23N5O2. The van der Waals surface area contributed by atoms with Crippen molar-refractivity contribution in [2.45, 2.75) is 51.9 Å². The van der Waals surface area contributed by atoms with Gasteiger partial charge in [0.05, 0.1) is 11.8 Å². The second-order valence-corrected chi connectivity index (χ2v) is 4.71. The molecule has 1 aromatic rings. The van der Waals surface area contributed by atoms with Gasteiger partial charge in [-0.2, -0.15) is 5.10 Å². The van der Waals surface area contributed by atoms with E-state index in [-0.39, 0.29) is 11.7 Å². The van der Waals surface area contributed by atoms with Gasteiger partial charge >= 0.3 is 0 Å². The molecular weight excluding hydrogens is 258 g/mol. The third kappa shape index (κ3) is 5.29. The van der Waals surface area contributed by atoms with Gasteiger partial charge in [0.15, 0.2) is 5.84 Å². The summed E-state index contributed by atoms with van der Waals surface area (Å²) in [6.07, 6.45) is 8.65. The molecule has 0 aliphatic carbocycles. The number of nitrogens with two attached hydrogens (primary N) is 1. The van der Waals surface area contributed by atoms with E-state index in [1.165, 1.54) is 31.9 Å². The van der Waals surface area contributed by atoms with Gasteiger partial charge in [-0.05, 0) is 6.42 Å². The molecule has 7 heteroatoms. The Hall–Kier alpha value is -2.05. The van der Waals surface area contributed by atoms with Crippen LogP contribution in [0.4, 0.5) is 5.82 Å². The van der Waals surface area contributed by atoms with Gasteiger partial charge in [0, 0.05) is 6.42 Å². The molecule has 0 saturated carbocycles. The molecule has 0 radical (unpaired) electrons. The van der Waals surface area contributed by atoms with E-state index >= 15 is 0 Å². The number of aromatic amines is 1. The van der Waals surface area contributed by atoms with Crippen molar-refractivity contribution in [3.8, 4) is 0 Å². The lowest BCUT2D eigenvalue weighted by atomic mass is 10.1. The van der Waals surface area contributed by atoms with Crippen LogP contribution in [0.3, 0.4) is 0 Å². The number of carbonyl (C=O) groups excluding carboxylic acids is 1. The van der Waals surface area contributed by atoms with Gasteiger partial charge in [-0.1, -0.05) is 44.2 Å². The molecule has 1 rings (SSSR count). The number of aromatic nitrogens is 2. The molecule has 1 heterocycles. The first-order chi connectivity index (χ1) is 9.69. The molecule has 20 heavy (non-hydrogen) atoms. The molecule has 0 aliphatic rings. The van der Waals surface area contributed by atoms with Crippen molar-refractivity contribution in [3.05, 3.63) is 11.8 Å². The zero-order chi connectivity index (χ0) is 14.8. The maximum atomic E-state index is 11.8. The van der Waals surface area contributed by atoms with Crippen LogP contribution in [0.15, 0.2) is 11.4 Å². The smallest absolute Gasteiger partial charge is 0.225 e. The van der Waals surface area contributed by atoms with Crippen molar-refractivity contribution in [2.24, 2.45) is 10.9 Å². The lowest BCUT2D eigenvalue weighted by molar-refractivity contribution is -0.116. The highest BCUT2D eigenvalue weighted by molar-refractivity contribution is 6.04. The number of amides is 1. The molecule has 0 aromatic carbocycles. The van der Waals surface area contributed by atoms with Gasteiger partial charge in [0.1, 0.15) is 5.82 Å². The first-order valence-corrected chi connectivity index (χ1v) is 7.00. The summed E-state index contributed by atoms with van der Waals surface area (Å²) in [7, 11) is 0. The summed E-state index contributed by atoms with van der Waals surface area (Å²) in [6.45, 7) is 2.18. The minimum Gasteiger partial charge on any atom is -0.409 e. The lowest BCUT2D eigenvalue weighted by Crippen LogP contribution is -2.18. The summed E-state index contributed by atoms with van der Waals surface area (Å²) in [5.74, 6) is 0.168. The maximum Gasteiger partial charge on any atom is 0.225 e. The summed E-state index contributed by atoms with van der Waals surface area (Å²) in [5, 5.41) is 20.6. The van der Waals surface area contributed by atoms with Crippen molar-refractivity contribution in [1.29, 1.82) is 0 Å². The molecule has 1 aromatic heterocycles. The Bertz CT molecular complexity index is 442. The molecule has 5 N–H and O–H groups in total. The van der Waals surface area contributed by atoms with E-state index in [9.17, 15) is 4.79 Å². The summed E-state index contributed by atoms with van der Waals surface area (Å²) in [6, 6.07) is 0. The molecule has 7 nitrogen and oxygen atoms in total. The standard InChI is InChI=1S/C13H23N5O2/c1-2-3-4-5-6-7-8-11(19)16-13-10(9-15-17-13)12(14)18-20/h9,20H,2-8H2,1H3,(H2,14,18)(H2,15,16,17,19). The highest BCUT2D eigenvalue weighted by Gasteiger charge is 2.12. The number of carbonyl (C=O) groups is 1. The summed E-state index contributed by atoms with van der Waals surface area (Å²) < 4.78 is 0. The number of rotatable bonds is 9. The van der Waals surface area contributed by atoms with E-state index in [2.05, 4.69) is 27.6 Å². The van der Waals surface area contributed by atoms with Crippen LogP contribution in [-0.2, 0) is 4.79 Å². The number of hydrogen-bond donors (Lipinski definition) is 4. The molecule has 0 spiro atoms. The van der Waals surface area contributed by atoms with Crippen LogP contribution in [0.2, 0.25) is 0 Å². The molecule has 0 atom stereocenters. The normalized spacial score (nSPS) is 11.6. The van der Waals surface area contributed by atoms with Crippen molar-refractivity contribution < 1.29 is 10.0 Å². The Labute approximate surface area is 118 Å². The monoisotopic (exact) mass is 281 g/mol. The number of hydrogen-bond acceptors (Lipinski definition) is 4. The first-order valence-electron chi connectivity index (χ1n) is 7.00. The predicted octanol–water partition coefficient (Wildman–Crippen LogP) is 2.19. The van der Waals surface area contributed by atoms with Gasteiger partial charge in [-0.25, -0.2) is 0 Å². The van der Waals surface area contributed by atoms with Crippen LogP contribution < -0.4 is 11.1 Å². The molecule has 0 fully saturated rings. The van der Waals surface area contributed by atoms with E-state index in [1.54, 1.807) is 0 Å². The quantitative estimate of drug-likeness (QED) is 0.182. The van der Waals surface area contributed by atoms with E-state index in [0.717, 1.165) is 12.8 Å². The van der Waals surface area contributed by atoms with Crippen molar-refractivity contribution in [3.63, 3.8) is 0 Å². The molecule has 112 valence electrons. The van der Waals surface area contributed by atoms with Gasteiger partial charge in [-0.15, -0.1) is 0 Å². The molecule has 0 aliphatic heterocycles. The Kier molecular flexibility index (Phi) is 7.16. The average Bonchev–Trinajstić information content (AvgIpc) is 2.90.